The molecule has 0 spiro atoms. The number of hydrogen-bond donors (Lipinski definition) is 1. The number of anilines is 1. The maximum atomic E-state index is 13.1. The Morgan fingerprint density at radius 2 is 2.07 bits per heavy atom. The monoisotopic (exact) mass is 223 g/mol. The van der Waals surface area contributed by atoms with E-state index in [9.17, 15) is 4.39 Å². The first-order valence-corrected chi connectivity index (χ1v) is 5.32. The number of halogens is 1. The van der Waals surface area contributed by atoms with Crippen LogP contribution in [0.4, 0.5) is 10.1 Å². The number of ether oxygens (including phenoxy) is 1. The molecule has 0 unspecified atom stereocenters. The highest BCUT2D eigenvalue weighted by atomic mass is 32.1. The van der Waals surface area contributed by atoms with Crippen molar-refractivity contribution in [2.45, 2.75) is 0 Å². The number of nitrogens with two attached hydrogens (primary N) is 1. The molecular formula is C11H10FNOS. The summed E-state index contributed by atoms with van der Waals surface area (Å²) in [5.74, 6) is 0.331. The molecule has 2 N–H and O–H groups in total. The van der Waals surface area contributed by atoms with E-state index < -0.39 is 0 Å². The minimum absolute atomic E-state index is 0.295. The van der Waals surface area contributed by atoms with Crippen LogP contribution in [0, 0.1) is 5.82 Å². The molecular weight excluding hydrogens is 213 g/mol. The second-order valence-corrected chi connectivity index (χ2v) is 3.83. The first-order valence-electron chi connectivity index (χ1n) is 4.38. The molecule has 0 aliphatic carbocycles. The van der Waals surface area contributed by atoms with Gasteiger partial charge in [0.05, 0.1) is 12.8 Å². The lowest BCUT2D eigenvalue weighted by Gasteiger charge is -2.07. The number of benzene rings is 1. The van der Waals surface area contributed by atoms with Crippen molar-refractivity contribution < 1.29 is 9.13 Å². The average molecular weight is 223 g/mol. The van der Waals surface area contributed by atoms with Crippen molar-refractivity contribution >= 4 is 17.0 Å². The minimum Gasteiger partial charge on any atom is -0.496 e. The topological polar surface area (TPSA) is 35.2 Å². The van der Waals surface area contributed by atoms with Crippen molar-refractivity contribution in [3.05, 3.63) is 34.8 Å². The highest BCUT2D eigenvalue weighted by Gasteiger charge is 2.10. The molecule has 0 bridgehead atoms. The molecule has 0 fully saturated rings. The van der Waals surface area contributed by atoms with Gasteiger partial charge in [-0.15, -0.1) is 11.3 Å². The SMILES string of the molecule is COc1ccc(F)cc1-c1cscc1N. The number of thiophene rings is 1. The minimum atomic E-state index is -0.295. The Balaban J connectivity index is 2.60. The molecule has 4 heteroatoms. The van der Waals surface area contributed by atoms with E-state index in [1.54, 1.807) is 13.2 Å². The molecule has 0 atom stereocenters. The van der Waals surface area contributed by atoms with E-state index in [1.807, 2.05) is 10.8 Å². The molecule has 1 aromatic heterocycles. The van der Waals surface area contributed by atoms with Gasteiger partial charge in [0.1, 0.15) is 11.6 Å². The molecule has 0 saturated carbocycles. The number of hydrogen-bond acceptors (Lipinski definition) is 3. The maximum absolute atomic E-state index is 13.1. The second-order valence-electron chi connectivity index (χ2n) is 3.09. The van der Waals surface area contributed by atoms with E-state index >= 15 is 0 Å². The van der Waals surface area contributed by atoms with Gasteiger partial charge >= 0.3 is 0 Å². The zero-order valence-electron chi connectivity index (χ0n) is 8.16. The molecule has 2 aromatic rings. The van der Waals surface area contributed by atoms with Crippen LogP contribution in [0.15, 0.2) is 29.0 Å². The molecule has 0 aliphatic heterocycles. The summed E-state index contributed by atoms with van der Waals surface area (Å²) in [4.78, 5) is 0. The Labute approximate surface area is 91.1 Å². The van der Waals surface area contributed by atoms with Gasteiger partial charge in [0, 0.05) is 21.9 Å². The summed E-state index contributed by atoms with van der Waals surface area (Å²) in [6.45, 7) is 0. The van der Waals surface area contributed by atoms with Crippen molar-refractivity contribution in [2.75, 3.05) is 12.8 Å². The summed E-state index contributed by atoms with van der Waals surface area (Å²) in [7, 11) is 1.55. The summed E-state index contributed by atoms with van der Waals surface area (Å²) in [6.07, 6.45) is 0. The van der Waals surface area contributed by atoms with E-state index in [4.69, 9.17) is 10.5 Å². The van der Waals surface area contributed by atoms with Crippen LogP contribution >= 0.6 is 11.3 Å². The fourth-order valence-corrected chi connectivity index (χ4v) is 2.16. The quantitative estimate of drug-likeness (QED) is 0.848. The third-order valence-corrected chi connectivity index (χ3v) is 2.91. The van der Waals surface area contributed by atoms with E-state index in [-0.39, 0.29) is 5.82 Å². The summed E-state index contributed by atoms with van der Waals surface area (Å²) in [5.41, 5.74) is 7.93. The van der Waals surface area contributed by atoms with Gasteiger partial charge in [-0.2, -0.15) is 0 Å². The van der Waals surface area contributed by atoms with Crippen molar-refractivity contribution in [1.82, 2.24) is 0 Å². The molecule has 0 amide bonds. The first kappa shape index (κ1) is 9.98. The molecule has 0 radical (unpaired) electrons. The largest absolute Gasteiger partial charge is 0.496 e. The van der Waals surface area contributed by atoms with Crippen LogP contribution < -0.4 is 10.5 Å². The molecule has 1 aromatic carbocycles. The number of methoxy groups -OCH3 is 1. The highest BCUT2D eigenvalue weighted by Crippen LogP contribution is 2.36. The molecule has 2 rings (SSSR count). The lowest BCUT2D eigenvalue weighted by molar-refractivity contribution is 0.415. The first-order chi connectivity index (χ1) is 7.22. The third kappa shape index (κ3) is 1.80. The number of rotatable bonds is 2. The van der Waals surface area contributed by atoms with Gasteiger partial charge in [-0.1, -0.05) is 0 Å². The smallest absolute Gasteiger partial charge is 0.126 e. The molecule has 1 heterocycles. The fourth-order valence-electron chi connectivity index (χ4n) is 1.42. The molecule has 0 aliphatic rings. The van der Waals surface area contributed by atoms with E-state index in [0.717, 1.165) is 5.56 Å². The molecule has 2 nitrogen and oxygen atoms in total. The Hall–Kier alpha value is -1.55. The van der Waals surface area contributed by atoms with Gasteiger partial charge in [-0.3, -0.25) is 0 Å². The maximum Gasteiger partial charge on any atom is 0.126 e. The Kier molecular flexibility index (Phi) is 2.60. The Bertz CT molecular complexity index is 481. The fraction of sp³-hybridized carbons (Fsp3) is 0.0909. The van der Waals surface area contributed by atoms with Crippen molar-refractivity contribution in [1.29, 1.82) is 0 Å². The van der Waals surface area contributed by atoms with Crippen LogP contribution in [0.1, 0.15) is 0 Å². The van der Waals surface area contributed by atoms with Crippen LogP contribution in [-0.2, 0) is 0 Å². The van der Waals surface area contributed by atoms with Gasteiger partial charge in [-0.05, 0) is 18.2 Å². The predicted molar refractivity (Wildman–Crippen MR) is 60.7 cm³/mol. The second kappa shape index (κ2) is 3.90. The van der Waals surface area contributed by atoms with Crippen molar-refractivity contribution in [2.24, 2.45) is 0 Å². The van der Waals surface area contributed by atoms with Crippen molar-refractivity contribution in [3.8, 4) is 16.9 Å². The van der Waals surface area contributed by atoms with Crippen molar-refractivity contribution in [3.63, 3.8) is 0 Å². The Morgan fingerprint density at radius 3 is 2.67 bits per heavy atom. The van der Waals surface area contributed by atoms with E-state index in [1.165, 1.54) is 23.5 Å². The average Bonchev–Trinajstić information content (AvgIpc) is 2.64. The molecule has 78 valence electrons. The van der Waals surface area contributed by atoms with E-state index in [2.05, 4.69) is 0 Å². The van der Waals surface area contributed by atoms with Gasteiger partial charge in [-0.25, -0.2) is 4.39 Å². The lowest BCUT2D eigenvalue weighted by Crippen LogP contribution is -1.91. The van der Waals surface area contributed by atoms with Crippen LogP contribution in [0.5, 0.6) is 5.75 Å². The van der Waals surface area contributed by atoms with Gasteiger partial charge in [0.2, 0.25) is 0 Å². The van der Waals surface area contributed by atoms with Gasteiger partial charge < -0.3 is 10.5 Å². The predicted octanol–water partition coefficient (Wildman–Crippen LogP) is 3.15. The molecule has 15 heavy (non-hydrogen) atoms. The standard InChI is InChI=1S/C11H10FNOS/c1-14-11-3-2-7(12)4-8(11)9-5-15-6-10(9)13/h2-6H,13H2,1H3. The highest BCUT2D eigenvalue weighted by molar-refractivity contribution is 7.08. The van der Waals surface area contributed by atoms with Crippen LogP contribution in [-0.4, -0.2) is 7.11 Å². The van der Waals surface area contributed by atoms with Crippen LogP contribution in [0.2, 0.25) is 0 Å². The zero-order chi connectivity index (χ0) is 10.8. The van der Waals surface area contributed by atoms with Crippen LogP contribution in [0.25, 0.3) is 11.1 Å². The molecule has 0 saturated heterocycles. The lowest BCUT2D eigenvalue weighted by atomic mass is 10.1. The van der Waals surface area contributed by atoms with E-state index in [0.29, 0.717) is 17.0 Å². The van der Waals surface area contributed by atoms with Gasteiger partial charge in [0.15, 0.2) is 0 Å². The third-order valence-electron chi connectivity index (χ3n) is 2.14. The summed E-state index contributed by atoms with van der Waals surface area (Å²) < 4.78 is 18.3. The van der Waals surface area contributed by atoms with Crippen LogP contribution in [0.3, 0.4) is 0 Å². The zero-order valence-corrected chi connectivity index (χ0v) is 8.98. The summed E-state index contributed by atoms with van der Waals surface area (Å²) in [5, 5.41) is 3.70. The number of nitrogen functional groups attached to an aromatic ring is 1. The summed E-state index contributed by atoms with van der Waals surface area (Å²) >= 11 is 1.48. The normalized spacial score (nSPS) is 10.3. The Morgan fingerprint density at radius 1 is 1.27 bits per heavy atom. The van der Waals surface area contributed by atoms with Gasteiger partial charge in [0.25, 0.3) is 0 Å². The summed E-state index contributed by atoms with van der Waals surface area (Å²) in [6, 6.07) is 4.39.